The van der Waals surface area contributed by atoms with Crippen molar-refractivity contribution < 1.29 is 23.7 Å². The van der Waals surface area contributed by atoms with Crippen LogP contribution in [-0.2, 0) is 20.7 Å². The average molecular weight is 467 g/mol. The van der Waals surface area contributed by atoms with Crippen LogP contribution in [0.1, 0.15) is 29.9 Å². The van der Waals surface area contributed by atoms with Crippen molar-refractivity contribution in [2.45, 2.75) is 26.4 Å². The monoisotopic (exact) mass is 466 g/mol. The van der Waals surface area contributed by atoms with E-state index in [2.05, 4.69) is 29.7 Å². The van der Waals surface area contributed by atoms with Crippen molar-refractivity contribution >= 4 is 22.9 Å². The molecule has 0 aliphatic heterocycles. The van der Waals surface area contributed by atoms with Crippen LogP contribution in [0.3, 0.4) is 0 Å². The smallest absolute Gasteiger partial charge is 0.335 e. The van der Waals surface area contributed by atoms with Crippen LogP contribution in [0.15, 0.2) is 72.1 Å². The molecule has 3 aromatic rings. The van der Waals surface area contributed by atoms with Gasteiger partial charge in [0.15, 0.2) is 6.10 Å². The van der Waals surface area contributed by atoms with E-state index in [1.165, 1.54) is 4.88 Å². The first-order valence-corrected chi connectivity index (χ1v) is 11.9. The number of rotatable bonds is 12. The Morgan fingerprint density at radius 3 is 2.30 bits per heavy atom. The van der Waals surface area contributed by atoms with Crippen molar-refractivity contribution in [1.29, 1.82) is 0 Å². The lowest BCUT2D eigenvalue weighted by atomic mass is 10.0. The lowest BCUT2D eigenvalue weighted by molar-refractivity contribution is -0.156. The molecular weight excluding hydrogens is 436 g/mol. The lowest BCUT2D eigenvalue weighted by Gasteiger charge is -2.15. The summed E-state index contributed by atoms with van der Waals surface area (Å²) in [7, 11) is 1.66. The Morgan fingerprint density at radius 1 is 0.970 bits per heavy atom. The third-order valence-electron chi connectivity index (χ3n) is 4.99. The van der Waals surface area contributed by atoms with E-state index in [4.69, 9.17) is 18.9 Å². The fourth-order valence-corrected chi connectivity index (χ4v) is 4.16. The van der Waals surface area contributed by atoms with Crippen LogP contribution in [-0.4, -0.2) is 39.0 Å². The zero-order valence-corrected chi connectivity index (χ0v) is 20.1. The molecule has 174 valence electrons. The molecule has 5 nitrogen and oxygen atoms in total. The maximum Gasteiger partial charge on any atom is 0.335 e. The fraction of sp³-hybridized carbons (Fsp3) is 0.296. The minimum atomic E-state index is -0.595. The summed E-state index contributed by atoms with van der Waals surface area (Å²) in [5, 5.41) is 2.07. The zero-order valence-electron chi connectivity index (χ0n) is 19.3. The maximum atomic E-state index is 12.1. The number of methoxy groups -OCH3 is 1. The van der Waals surface area contributed by atoms with Crippen LogP contribution < -0.4 is 9.47 Å². The Bertz CT molecular complexity index is 1010. The molecule has 0 fully saturated rings. The van der Waals surface area contributed by atoms with Crippen molar-refractivity contribution in [1.82, 2.24) is 0 Å². The molecule has 0 N–H and O–H groups in total. The highest BCUT2D eigenvalue weighted by atomic mass is 32.1. The van der Waals surface area contributed by atoms with E-state index < -0.39 is 6.10 Å². The minimum absolute atomic E-state index is 0.329. The molecule has 0 aliphatic rings. The number of carbonyl (C=O) groups is 1. The summed E-state index contributed by atoms with van der Waals surface area (Å²) in [6.45, 7) is 4.89. The number of thiophene rings is 1. The molecule has 2 aromatic carbocycles. The first-order chi connectivity index (χ1) is 16.1. The molecule has 0 bridgehead atoms. The zero-order chi connectivity index (χ0) is 23.5. The molecular formula is C27H30O5S. The van der Waals surface area contributed by atoms with Crippen LogP contribution >= 0.6 is 11.3 Å². The number of esters is 1. The Labute approximate surface area is 199 Å². The molecule has 1 atom stereocenters. The van der Waals surface area contributed by atoms with E-state index in [1.54, 1.807) is 25.4 Å². The van der Waals surface area contributed by atoms with Gasteiger partial charge in [0.2, 0.25) is 0 Å². The standard InChI is InChI=1S/C27H30O5S/c1-4-30-25(27(28)31-5-2)19-20-8-12-23(13-9-20)32-17-16-24(26-7-6-18-33-26)21-10-14-22(29-3)15-11-21/h6-16,18,25H,4-5,17,19H2,1-3H3/t25-/m0/s1. The highest BCUT2D eigenvalue weighted by Crippen LogP contribution is 2.28. The van der Waals surface area contributed by atoms with Crippen molar-refractivity contribution in [2.75, 3.05) is 26.9 Å². The SMILES string of the molecule is CCOC(=O)[C@H](Cc1ccc(OCC=C(c2ccc(OC)cc2)c2cccs2)cc1)OCC. The van der Waals surface area contributed by atoms with E-state index in [1.807, 2.05) is 49.4 Å². The van der Waals surface area contributed by atoms with Gasteiger partial charge in [-0.2, -0.15) is 0 Å². The van der Waals surface area contributed by atoms with Gasteiger partial charge in [0.1, 0.15) is 18.1 Å². The van der Waals surface area contributed by atoms with Crippen LogP contribution in [0.5, 0.6) is 11.5 Å². The molecule has 6 heteroatoms. The van der Waals surface area contributed by atoms with Crippen molar-refractivity contribution in [3.8, 4) is 11.5 Å². The Hall–Kier alpha value is -3.09. The molecule has 33 heavy (non-hydrogen) atoms. The second-order valence-corrected chi connectivity index (χ2v) is 8.13. The van der Waals surface area contributed by atoms with Gasteiger partial charge >= 0.3 is 5.97 Å². The molecule has 0 saturated carbocycles. The number of hydrogen-bond acceptors (Lipinski definition) is 6. The summed E-state index contributed by atoms with van der Waals surface area (Å²) in [5.41, 5.74) is 3.22. The molecule has 0 saturated heterocycles. The van der Waals surface area contributed by atoms with Crippen molar-refractivity contribution in [3.63, 3.8) is 0 Å². The molecule has 1 aromatic heterocycles. The van der Waals surface area contributed by atoms with Crippen LogP contribution in [0, 0.1) is 0 Å². The molecule has 0 unspecified atom stereocenters. The van der Waals surface area contributed by atoms with E-state index >= 15 is 0 Å². The fourth-order valence-electron chi connectivity index (χ4n) is 3.37. The molecule has 0 aliphatic carbocycles. The maximum absolute atomic E-state index is 12.1. The predicted octanol–water partition coefficient (Wildman–Crippen LogP) is 5.78. The topological polar surface area (TPSA) is 54.0 Å². The highest BCUT2D eigenvalue weighted by Gasteiger charge is 2.20. The second-order valence-electron chi connectivity index (χ2n) is 7.18. The summed E-state index contributed by atoms with van der Waals surface area (Å²) in [6, 6.07) is 19.9. The van der Waals surface area contributed by atoms with Crippen LogP contribution in [0.4, 0.5) is 0 Å². The average Bonchev–Trinajstić information content (AvgIpc) is 3.37. The quantitative estimate of drug-likeness (QED) is 0.317. The summed E-state index contributed by atoms with van der Waals surface area (Å²) in [6.07, 6.45) is 1.96. The predicted molar refractivity (Wildman–Crippen MR) is 132 cm³/mol. The van der Waals surface area contributed by atoms with E-state index in [-0.39, 0.29) is 5.97 Å². The first-order valence-electron chi connectivity index (χ1n) is 11.0. The van der Waals surface area contributed by atoms with Crippen molar-refractivity contribution in [2.24, 2.45) is 0 Å². The van der Waals surface area contributed by atoms with Gasteiger partial charge in [-0.15, -0.1) is 11.3 Å². The molecule has 0 spiro atoms. The molecule has 0 amide bonds. The third kappa shape index (κ3) is 7.20. The largest absolute Gasteiger partial charge is 0.497 e. The molecule has 0 radical (unpaired) electrons. The van der Waals surface area contributed by atoms with E-state index in [0.29, 0.717) is 26.2 Å². The second kappa shape index (κ2) is 12.8. The van der Waals surface area contributed by atoms with Gasteiger partial charge in [0.05, 0.1) is 13.7 Å². The molecule has 3 rings (SSSR count). The van der Waals surface area contributed by atoms with Gasteiger partial charge in [0, 0.05) is 17.9 Å². The van der Waals surface area contributed by atoms with Crippen LogP contribution in [0.2, 0.25) is 0 Å². The van der Waals surface area contributed by atoms with Gasteiger partial charge in [0.25, 0.3) is 0 Å². The minimum Gasteiger partial charge on any atom is -0.497 e. The van der Waals surface area contributed by atoms with Gasteiger partial charge in [-0.1, -0.05) is 30.3 Å². The van der Waals surface area contributed by atoms with E-state index in [0.717, 1.165) is 28.2 Å². The van der Waals surface area contributed by atoms with Gasteiger partial charge in [-0.05, 0) is 72.3 Å². The number of carbonyl (C=O) groups excluding carboxylic acids is 1. The highest BCUT2D eigenvalue weighted by molar-refractivity contribution is 7.11. The van der Waals surface area contributed by atoms with Gasteiger partial charge in [-0.25, -0.2) is 4.79 Å². The third-order valence-corrected chi connectivity index (χ3v) is 5.89. The summed E-state index contributed by atoms with van der Waals surface area (Å²) >= 11 is 1.69. The van der Waals surface area contributed by atoms with Crippen molar-refractivity contribution in [3.05, 3.63) is 88.1 Å². The number of ether oxygens (including phenoxy) is 4. The van der Waals surface area contributed by atoms with Gasteiger partial charge in [-0.3, -0.25) is 0 Å². The summed E-state index contributed by atoms with van der Waals surface area (Å²) in [5.74, 6) is 1.26. The van der Waals surface area contributed by atoms with Crippen LogP contribution in [0.25, 0.3) is 5.57 Å². The Morgan fingerprint density at radius 2 is 1.70 bits per heavy atom. The number of benzene rings is 2. The lowest BCUT2D eigenvalue weighted by Crippen LogP contribution is -2.28. The number of hydrogen-bond donors (Lipinski definition) is 0. The van der Waals surface area contributed by atoms with E-state index in [9.17, 15) is 4.79 Å². The normalized spacial score (nSPS) is 12.3. The van der Waals surface area contributed by atoms with Gasteiger partial charge < -0.3 is 18.9 Å². The summed E-state index contributed by atoms with van der Waals surface area (Å²) in [4.78, 5) is 13.3. The Kier molecular flexibility index (Phi) is 9.54. The Balaban J connectivity index is 1.65. The first kappa shape index (κ1) is 24.6. The molecule has 1 heterocycles. The summed E-state index contributed by atoms with van der Waals surface area (Å²) < 4.78 is 21.9.